The largest absolute Gasteiger partial charge is 0.483 e. The van der Waals surface area contributed by atoms with Gasteiger partial charge in [0.25, 0.3) is 0 Å². The minimum atomic E-state index is -0.266. The summed E-state index contributed by atoms with van der Waals surface area (Å²) in [5.41, 5.74) is 1.55. The van der Waals surface area contributed by atoms with E-state index in [9.17, 15) is 4.79 Å². The van der Waals surface area contributed by atoms with Crippen molar-refractivity contribution in [1.29, 1.82) is 0 Å². The van der Waals surface area contributed by atoms with Gasteiger partial charge in [-0.15, -0.1) is 10.2 Å². The van der Waals surface area contributed by atoms with Crippen LogP contribution < -0.4 is 10.1 Å². The summed E-state index contributed by atoms with van der Waals surface area (Å²) in [5, 5.41) is 12.5. The van der Waals surface area contributed by atoms with Crippen molar-refractivity contribution in [2.75, 3.05) is 11.1 Å². The first-order valence-corrected chi connectivity index (χ1v) is 10.1. The van der Waals surface area contributed by atoms with Crippen LogP contribution in [0.5, 0.6) is 5.75 Å². The number of amides is 1. The fraction of sp³-hybridized carbons (Fsp3) is 0.250. The molecular weight excluding hydrogens is 396 g/mol. The number of carbonyl (C=O) groups is 1. The molecule has 0 saturated carbocycles. The van der Waals surface area contributed by atoms with Crippen molar-refractivity contribution in [3.63, 3.8) is 0 Å². The summed E-state index contributed by atoms with van der Waals surface area (Å²) in [6.07, 6.45) is -0.266. The number of anilines is 1. The van der Waals surface area contributed by atoms with E-state index in [4.69, 9.17) is 16.3 Å². The Kier molecular flexibility index (Phi) is 6.59. The van der Waals surface area contributed by atoms with E-state index in [2.05, 4.69) is 15.5 Å². The van der Waals surface area contributed by atoms with Gasteiger partial charge in [0.2, 0.25) is 5.91 Å². The highest BCUT2D eigenvalue weighted by atomic mass is 35.5. The van der Waals surface area contributed by atoms with Gasteiger partial charge in [-0.2, -0.15) is 0 Å². The van der Waals surface area contributed by atoms with Crippen LogP contribution in [0.1, 0.15) is 24.4 Å². The maximum atomic E-state index is 12.3. The number of aromatic nitrogens is 3. The summed E-state index contributed by atoms with van der Waals surface area (Å²) < 4.78 is 7.74. The second kappa shape index (κ2) is 9.12. The first kappa shape index (κ1) is 20.2. The van der Waals surface area contributed by atoms with Gasteiger partial charge in [-0.3, -0.25) is 4.79 Å². The molecule has 1 heterocycles. The quantitative estimate of drug-likeness (QED) is 0.568. The standard InChI is InChI=1S/C20H21ClN4O2S/c1-13-16(21)10-7-11-17(13)22-18(26)12-28-20-24-23-19(25(20)3)14(2)27-15-8-5-4-6-9-15/h4-11,14H,12H2,1-3H3,(H,22,26)/t14-/m1/s1. The van der Waals surface area contributed by atoms with Crippen LogP contribution in [0.15, 0.2) is 53.7 Å². The van der Waals surface area contributed by atoms with E-state index in [1.54, 1.807) is 12.1 Å². The van der Waals surface area contributed by atoms with Crippen molar-refractivity contribution in [3.05, 3.63) is 64.9 Å². The average Bonchev–Trinajstić information content (AvgIpc) is 3.05. The Hall–Kier alpha value is -2.51. The monoisotopic (exact) mass is 416 g/mol. The lowest BCUT2D eigenvalue weighted by molar-refractivity contribution is -0.113. The van der Waals surface area contributed by atoms with Crippen LogP contribution >= 0.6 is 23.4 Å². The Bertz CT molecular complexity index is 962. The Balaban J connectivity index is 1.59. The van der Waals surface area contributed by atoms with Crippen LogP contribution in [-0.2, 0) is 11.8 Å². The van der Waals surface area contributed by atoms with E-state index in [-0.39, 0.29) is 17.8 Å². The predicted octanol–water partition coefficient (Wildman–Crippen LogP) is 4.65. The lowest BCUT2D eigenvalue weighted by Crippen LogP contribution is -2.15. The van der Waals surface area contributed by atoms with Gasteiger partial charge < -0.3 is 14.6 Å². The van der Waals surface area contributed by atoms with Crippen LogP contribution in [0, 0.1) is 6.92 Å². The Morgan fingerprint density at radius 1 is 1.21 bits per heavy atom. The number of rotatable bonds is 7. The Morgan fingerprint density at radius 3 is 2.71 bits per heavy atom. The molecule has 0 radical (unpaired) electrons. The fourth-order valence-electron chi connectivity index (χ4n) is 2.62. The zero-order valence-electron chi connectivity index (χ0n) is 15.8. The van der Waals surface area contributed by atoms with E-state index in [1.165, 1.54) is 11.8 Å². The highest BCUT2D eigenvalue weighted by molar-refractivity contribution is 7.99. The molecule has 1 aromatic heterocycles. The molecule has 3 rings (SSSR count). The van der Waals surface area contributed by atoms with Gasteiger partial charge in [0.05, 0.1) is 5.75 Å². The Morgan fingerprint density at radius 2 is 1.96 bits per heavy atom. The lowest BCUT2D eigenvalue weighted by atomic mass is 10.2. The van der Waals surface area contributed by atoms with Crippen LogP contribution in [0.2, 0.25) is 5.02 Å². The molecule has 1 N–H and O–H groups in total. The molecule has 2 aromatic carbocycles. The molecule has 3 aromatic rings. The van der Waals surface area contributed by atoms with Crippen molar-refractivity contribution in [2.45, 2.75) is 25.1 Å². The van der Waals surface area contributed by atoms with Gasteiger partial charge in [0.1, 0.15) is 5.75 Å². The maximum Gasteiger partial charge on any atom is 0.234 e. The third-order valence-electron chi connectivity index (χ3n) is 4.16. The summed E-state index contributed by atoms with van der Waals surface area (Å²) >= 11 is 7.41. The topological polar surface area (TPSA) is 69.0 Å². The second-order valence-corrected chi connectivity index (χ2v) is 7.57. The molecule has 28 heavy (non-hydrogen) atoms. The third-order valence-corrected chi connectivity index (χ3v) is 5.59. The summed E-state index contributed by atoms with van der Waals surface area (Å²) in [6, 6.07) is 15.0. The molecule has 0 fully saturated rings. The van der Waals surface area contributed by atoms with E-state index in [0.717, 1.165) is 11.3 Å². The van der Waals surface area contributed by atoms with Crippen molar-refractivity contribution in [1.82, 2.24) is 14.8 Å². The molecule has 8 heteroatoms. The van der Waals surface area contributed by atoms with E-state index < -0.39 is 0 Å². The van der Waals surface area contributed by atoms with Crippen molar-refractivity contribution in [2.24, 2.45) is 7.05 Å². The smallest absolute Gasteiger partial charge is 0.234 e. The minimum Gasteiger partial charge on any atom is -0.483 e. The van der Waals surface area contributed by atoms with Gasteiger partial charge >= 0.3 is 0 Å². The molecule has 0 aliphatic heterocycles. The van der Waals surface area contributed by atoms with Crippen molar-refractivity contribution < 1.29 is 9.53 Å². The molecule has 6 nitrogen and oxygen atoms in total. The van der Waals surface area contributed by atoms with Gasteiger partial charge in [-0.05, 0) is 43.7 Å². The summed E-state index contributed by atoms with van der Waals surface area (Å²) in [5.74, 6) is 1.54. The highest BCUT2D eigenvalue weighted by Gasteiger charge is 2.18. The van der Waals surface area contributed by atoms with Crippen LogP contribution in [0.4, 0.5) is 5.69 Å². The highest BCUT2D eigenvalue weighted by Crippen LogP contribution is 2.25. The number of benzene rings is 2. The van der Waals surface area contributed by atoms with Gasteiger partial charge in [-0.1, -0.05) is 47.6 Å². The first-order valence-electron chi connectivity index (χ1n) is 8.74. The normalized spacial score (nSPS) is 11.9. The number of para-hydroxylation sites is 1. The first-order chi connectivity index (χ1) is 13.5. The number of ether oxygens (including phenoxy) is 1. The van der Waals surface area contributed by atoms with E-state index >= 15 is 0 Å². The molecule has 0 saturated heterocycles. The molecule has 0 bridgehead atoms. The number of halogens is 1. The zero-order chi connectivity index (χ0) is 20.1. The number of thioether (sulfide) groups is 1. The van der Waals surface area contributed by atoms with Crippen molar-refractivity contribution >= 4 is 35.0 Å². The SMILES string of the molecule is Cc1c(Cl)cccc1NC(=O)CSc1nnc([C@@H](C)Oc2ccccc2)n1C. The van der Waals surface area contributed by atoms with Crippen LogP contribution in [0.25, 0.3) is 0 Å². The molecular formula is C20H21ClN4O2S. The molecule has 0 aliphatic rings. The zero-order valence-corrected chi connectivity index (χ0v) is 17.4. The van der Waals surface area contributed by atoms with Gasteiger partial charge in [-0.25, -0.2) is 0 Å². The summed E-state index contributed by atoms with van der Waals surface area (Å²) in [7, 11) is 1.86. The number of hydrogen-bond donors (Lipinski definition) is 1. The third kappa shape index (κ3) is 4.85. The van der Waals surface area contributed by atoms with Crippen LogP contribution in [-0.4, -0.2) is 26.4 Å². The van der Waals surface area contributed by atoms with Crippen molar-refractivity contribution in [3.8, 4) is 5.75 Å². The molecule has 1 atom stereocenters. The number of carbonyl (C=O) groups excluding carboxylic acids is 1. The molecule has 0 unspecified atom stereocenters. The summed E-state index contributed by atoms with van der Waals surface area (Å²) in [6.45, 7) is 3.79. The summed E-state index contributed by atoms with van der Waals surface area (Å²) in [4.78, 5) is 12.3. The molecule has 1 amide bonds. The molecule has 0 aliphatic carbocycles. The van der Waals surface area contributed by atoms with E-state index in [1.807, 2.05) is 61.9 Å². The fourth-order valence-corrected chi connectivity index (χ4v) is 3.51. The van der Waals surface area contributed by atoms with Gasteiger partial charge in [0.15, 0.2) is 17.1 Å². The Labute approximate surface area is 173 Å². The molecule has 0 spiro atoms. The minimum absolute atomic E-state index is 0.131. The number of hydrogen-bond acceptors (Lipinski definition) is 5. The van der Waals surface area contributed by atoms with Gasteiger partial charge in [0, 0.05) is 17.8 Å². The molecule has 146 valence electrons. The van der Waals surface area contributed by atoms with Crippen LogP contribution in [0.3, 0.4) is 0 Å². The number of nitrogens with zero attached hydrogens (tertiary/aromatic N) is 3. The average molecular weight is 417 g/mol. The lowest BCUT2D eigenvalue weighted by Gasteiger charge is -2.14. The maximum absolute atomic E-state index is 12.3. The predicted molar refractivity (Wildman–Crippen MR) is 112 cm³/mol. The van der Waals surface area contributed by atoms with E-state index in [0.29, 0.717) is 21.7 Å². The second-order valence-electron chi connectivity index (χ2n) is 6.22. The number of nitrogens with one attached hydrogen (secondary N) is 1.